The van der Waals surface area contributed by atoms with Crippen molar-refractivity contribution in [3.63, 3.8) is 0 Å². The van der Waals surface area contributed by atoms with Gasteiger partial charge in [0.15, 0.2) is 0 Å². The summed E-state index contributed by atoms with van der Waals surface area (Å²) >= 11 is 0. The summed E-state index contributed by atoms with van der Waals surface area (Å²) in [7, 11) is 0. The standard InChI is InChI=1S/C11H19N3O/c1-2-12-7-11-8-13-9-14(11)10-3-5-15-6-4-10/h8-10,12H,2-7H2,1H3. The number of aromatic nitrogens is 2. The molecule has 1 fully saturated rings. The van der Waals surface area contributed by atoms with Gasteiger partial charge in [0, 0.05) is 32.0 Å². The van der Waals surface area contributed by atoms with Crippen LogP contribution in [0.25, 0.3) is 0 Å². The topological polar surface area (TPSA) is 39.1 Å². The molecule has 1 aromatic heterocycles. The average Bonchev–Trinajstić information content (AvgIpc) is 2.75. The molecule has 1 aromatic rings. The summed E-state index contributed by atoms with van der Waals surface area (Å²) in [6.07, 6.45) is 6.12. The van der Waals surface area contributed by atoms with Gasteiger partial charge >= 0.3 is 0 Å². The maximum absolute atomic E-state index is 5.37. The van der Waals surface area contributed by atoms with Crippen LogP contribution >= 0.6 is 0 Å². The highest BCUT2D eigenvalue weighted by Crippen LogP contribution is 2.22. The lowest BCUT2D eigenvalue weighted by molar-refractivity contribution is 0.0688. The minimum Gasteiger partial charge on any atom is -0.381 e. The molecule has 2 rings (SSSR count). The van der Waals surface area contributed by atoms with Gasteiger partial charge in [-0.2, -0.15) is 0 Å². The zero-order valence-electron chi connectivity index (χ0n) is 9.28. The van der Waals surface area contributed by atoms with E-state index in [0.29, 0.717) is 6.04 Å². The van der Waals surface area contributed by atoms with Crippen molar-refractivity contribution in [1.82, 2.24) is 14.9 Å². The van der Waals surface area contributed by atoms with Gasteiger partial charge in [-0.05, 0) is 19.4 Å². The van der Waals surface area contributed by atoms with Crippen molar-refractivity contribution in [2.75, 3.05) is 19.8 Å². The average molecular weight is 209 g/mol. The molecule has 0 radical (unpaired) electrons. The quantitative estimate of drug-likeness (QED) is 0.813. The number of imidazole rings is 1. The predicted octanol–water partition coefficient (Wildman–Crippen LogP) is 1.34. The molecule has 2 heterocycles. The highest BCUT2D eigenvalue weighted by molar-refractivity contribution is 5.00. The van der Waals surface area contributed by atoms with Crippen LogP contribution in [0.5, 0.6) is 0 Å². The van der Waals surface area contributed by atoms with Crippen LogP contribution in [0.2, 0.25) is 0 Å². The second-order valence-corrected chi connectivity index (χ2v) is 3.92. The van der Waals surface area contributed by atoms with Gasteiger partial charge in [0.2, 0.25) is 0 Å². The molecule has 84 valence electrons. The first kappa shape index (κ1) is 10.6. The molecular weight excluding hydrogens is 190 g/mol. The van der Waals surface area contributed by atoms with Crippen molar-refractivity contribution < 1.29 is 4.74 Å². The van der Waals surface area contributed by atoms with Crippen molar-refractivity contribution in [2.24, 2.45) is 0 Å². The summed E-state index contributed by atoms with van der Waals surface area (Å²) in [5.74, 6) is 0. The summed E-state index contributed by atoms with van der Waals surface area (Å²) in [5, 5.41) is 3.34. The van der Waals surface area contributed by atoms with Crippen molar-refractivity contribution in [1.29, 1.82) is 0 Å². The fourth-order valence-corrected chi connectivity index (χ4v) is 2.01. The van der Waals surface area contributed by atoms with E-state index in [2.05, 4.69) is 21.8 Å². The Labute approximate surface area is 90.6 Å². The molecule has 0 saturated carbocycles. The maximum atomic E-state index is 5.37. The highest BCUT2D eigenvalue weighted by atomic mass is 16.5. The Hall–Kier alpha value is -0.870. The maximum Gasteiger partial charge on any atom is 0.0951 e. The van der Waals surface area contributed by atoms with Crippen LogP contribution in [0.3, 0.4) is 0 Å². The molecule has 0 atom stereocenters. The van der Waals surface area contributed by atoms with Gasteiger partial charge in [-0.15, -0.1) is 0 Å². The zero-order chi connectivity index (χ0) is 10.5. The minimum atomic E-state index is 0.579. The smallest absolute Gasteiger partial charge is 0.0951 e. The van der Waals surface area contributed by atoms with E-state index < -0.39 is 0 Å². The number of rotatable bonds is 4. The molecule has 4 heteroatoms. The van der Waals surface area contributed by atoms with Crippen LogP contribution in [0, 0.1) is 0 Å². The molecular formula is C11H19N3O. The first-order valence-electron chi connectivity index (χ1n) is 5.71. The third kappa shape index (κ3) is 2.58. The first-order chi connectivity index (χ1) is 7.42. The number of hydrogen-bond donors (Lipinski definition) is 1. The molecule has 1 aliphatic heterocycles. The van der Waals surface area contributed by atoms with E-state index in [1.54, 1.807) is 0 Å². The lowest BCUT2D eigenvalue weighted by Gasteiger charge is -2.25. The minimum absolute atomic E-state index is 0.579. The predicted molar refractivity (Wildman–Crippen MR) is 58.7 cm³/mol. The van der Waals surface area contributed by atoms with Crippen molar-refractivity contribution in [3.05, 3.63) is 18.2 Å². The lowest BCUT2D eigenvalue weighted by atomic mass is 10.1. The van der Waals surface area contributed by atoms with Crippen LogP contribution in [0.15, 0.2) is 12.5 Å². The van der Waals surface area contributed by atoms with Gasteiger partial charge in [0.1, 0.15) is 0 Å². The summed E-state index contributed by atoms with van der Waals surface area (Å²) in [6, 6.07) is 0.579. The van der Waals surface area contributed by atoms with Crippen molar-refractivity contribution >= 4 is 0 Å². The Morgan fingerprint density at radius 1 is 1.53 bits per heavy atom. The molecule has 1 saturated heterocycles. The molecule has 0 unspecified atom stereocenters. The van der Waals surface area contributed by atoms with Crippen LogP contribution in [-0.4, -0.2) is 29.3 Å². The number of hydrogen-bond acceptors (Lipinski definition) is 3. The van der Waals surface area contributed by atoms with Gasteiger partial charge in [-0.25, -0.2) is 4.98 Å². The van der Waals surface area contributed by atoms with E-state index in [-0.39, 0.29) is 0 Å². The third-order valence-corrected chi connectivity index (χ3v) is 2.89. The Morgan fingerprint density at radius 3 is 3.07 bits per heavy atom. The fourth-order valence-electron chi connectivity index (χ4n) is 2.01. The molecule has 0 bridgehead atoms. The number of nitrogens with zero attached hydrogens (tertiary/aromatic N) is 2. The monoisotopic (exact) mass is 209 g/mol. The molecule has 1 aliphatic rings. The highest BCUT2D eigenvalue weighted by Gasteiger charge is 2.17. The molecule has 0 spiro atoms. The number of nitrogens with one attached hydrogen (secondary N) is 1. The molecule has 0 aliphatic carbocycles. The van der Waals surface area contributed by atoms with Gasteiger partial charge in [0.25, 0.3) is 0 Å². The SMILES string of the molecule is CCNCc1cncn1C1CCOCC1. The number of ether oxygens (including phenoxy) is 1. The second kappa shape index (κ2) is 5.28. The van der Waals surface area contributed by atoms with Gasteiger partial charge < -0.3 is 14.6 Å². The summed E-state index contributed by atoms with van der Waals surface area (Å²) in [5.41, 5.74) is 1.28. The van der Waals surface area contributed by atoms with Crippen LogP contribution in [-0.2, 0) is 11.3 Å². The molecule has 1 N–H and O–H groups in total. The van der Waals surface area contributed by atoms with Gasteiger partial charge in [-0.3, -0.25) is 0 Å². The van der Waals surface area contributed by atoms with Gasteiger partial charge in [0.05, 0.1) is 12.0 Å². The molecule has 15 heavy (non-hydrogen) atoms. The van der Waals surface area contributed by atoms with E-state index >= 15 is 0 Å². The molecule has 0 amide bonds. The fraction of sp³-hybridized carbons (Fsp3) is 0.727. The summed E-state index contributed by atoms with van der Waals surface area (Å²) in [4.78, 5) is 4.23. The summed E-state index contributed by atoms with van der Waals surface area (Å²) in [6.45, 7) is 5.79. The second-order valence-electron chi connectivity index (χ2n) is 3.92. The Kier molecular flexibility index (Phi) is 3.75. The van der Waals surface area contributed by atoms with Gasteiger partial charge in [-0.1, -0.05) is 6.92 Å². The van der Waals surface area contributed by atoms with E-state index in [9.17, 15) is 0 Å². The lowest BCUT2D eigenvalue weighted by Crippen LogP contribution is -2.22. The van der Waals surface area contributed by atoms with Crippen LogP contribution in [0.4, 0.5) is 0 Å². The molecule has 4 nitrogen and oxygen atoms in total. The van der Waals surface area contributed by atoms with E-state index in [1.165, 1.54) is 5.69 Å². The Balaban J connectivity index is 2.02. The van der Waals surface area contributed by atoms with E-state index in [1.807, 2.05) is 12.5 Å². The van der Waals surface area contributed by atoms with Crippen molar-refractivity contribution in [2.45, 2.75) is 32.4 Å². The van der Waals surface area contributed by atoms with E-state index in [0.717, 1.165) is 39.1 Å². The van der Waals surface area contributed by atoms with E-state index in [4.69, 9.17) is 4.74 Å². The summed E-state index contributed by atoms with van der Waals surface area (Å²) < 4.78 is 7.67. The molecule has 0 aromatic carbocycles. The first-order valence-corrected chi connectivity index (χ1v) is 5.71. The Morgan fingerprint density at radius 2 is 2.33 bits per heavy atom. The largest absolute Gasteiger partial charge is 0.381 e. The third-order valence-electron chi connectivity index (χ3n) is 2.89. The van der Waals surface area contributed by atoms with Crippen LogP contribution < -0.4 is 5.32 Å². The Bertz CT molecular complexity index is 292. The normalized spacial score (nSPS) is 18.2. The van der Waals surface area contributed by atoms with Crippen LogP contribution in [0.1, 0.15) is 31.5 Å². The zero-order valence-corrected chi connectivity index (χ0v) is 9.28. The van der Waals surface area contributed by atoms with Crippen molar-refractivity contribution in [3.8, 4) is 0 Å².